The number of benzene rings is 1. The standard InChI is InChI=1S/C74H119N15O33/c1-29(2)19-39(62(107)83-42(22-91)65(110)87-50(30(3)4)61(75)106)81-66(111)43(26-117-72-52(78-34(9)96)58(103)55(100)47(23-92)120-72)84-67(112)44(27-118-73-53(79-35(10)97)59(104)56(101)48(24-93)121-73)85-68(113)45(28-119-74-54(80-36(11)98)60(105)57(102)49(25-94)122-74)86-70(115)51(31(5)6)88-69(114)46-13-12-18-89(46)71(116)32(7)76-64(109)41(21-90)82-63(108)40(77-33(8)95)20-37-14-16-38(99)17-15-37/h14-17,29-32,39-60,72-74,90-94,99-105H,12-13,18-28H2,1-11H3,(H2,75,106)(H,76,109)(H,77,95)(H,78,96)(H,79,97)(H,80,98)(H,81,111)(H,82,108)(H,83,107)(H,84,112)(H,85,113)(H,86,115)(H,87,110)(H,88,114)/t32-,39-,40-,41-,42-,43-,44-,45-,46-,47+,48+,49+,50-,51-,52+,53+,54+,55+,56+,57+,58+,59+,60+,72+,73+,74+/m0/s1. The number of hydrogen-bond acceptors (Lipinski definition) is 33. The van der Waals surface area contributed by atoms with E-state index in [9.17, 15) is 114 Å². The van der Waals surface area contributed by atoms with E-state index in [0.717, 1.165) is 32.6 Å². The second-order valence-electron chi connectivity index (χ2n) is 31.1. The molecule has 0 aromatic heterocycles. The van der Waals surface area contributed by atoms with Crippen LogP contribution in [-0.4, -0.2) is 373 Å². The lowest BCUT2D eigenvalue weighted by Gasteiger charge is -2.42. The van der Waals surface area contributed by atoms with Crippen LogP contribution in [0.2, 0.25) is 0 Å². The first-order valence-corrected chi connectivity index (χ1v) is 39.5. The first kappa shape index (κ1) is 103. The average molecular weight is 1750 g/mol. The number of nitrogens with two attached hydrogens (primary N) is 1. The first-order chi connectivity index (χ1) is 57.3. The Balaban J connectivity index is 1.59. The number of aromatic hydroxyl groups is 1. The lowest BCUT2D eigenvalue weighted by Crippen LogP contribution is -2.66. The number of ether oxygens (including phenoxy) is 6. The highest BCUT2D eigenvalue weighted by Gasteiger charge is 2.51. The fraction of sp³-hybridized carbons (Fsp3) is 0.716. The van der Waals surface area contributed by atoms with Crippen LogP contribution >= 0.6 is 0 Å². The smallest absolute Gasteiger partial charge is 0.245 e. The van der Waals surface area contributed by atoms with Gasteiger partial charge < -0.3 is 169 Å². The third-order valence-electron chi connectivity index (χ3n) is 20.1. The molecule has 5 rings (SSSR count). The fourth-order valence-corrected chi connectivity index (χ4v) is 13.5. The molecule has 0 spiro atoms. The second-order valence-corrected chi connectivity index (χ2v) is 31.1. The number of phenols is 1. The monoisotopic (exact) mass is 1750 g/mol. The van der Waals surface area contributed by atoms with Crippen LogP contribution in [0, 0.1) is 17.8 Å². The molecule has 48 heteroatoms. The van der Waals surface area contributed by atoms with Crippen LogP contribution in [0.1, 0.15) is 101 Å². The first-order valence-electron chi connectivity index (χ1n) is 39.5. The van der Waals surface area contributed by atoms with Gasteiger partial charge in [-0.25, -0.2) is 0 Å². The summed E-state index contributed by atoms with van der Waals surface area (Å²) in [6, 6.07) is -19.1. The maximum absolute atomic E-state index is 15.5. The van der Waals surface area contributed by atoms with Crippen LogP contribution in [-0.2, 0) is 107 Å². The molecule has 27 N–H and O–H groups in total. The van der Waals surface area contributed by atoms with Crippen molar-refractivity contribution in [3.63, 3.8) is 0 Å². The van der Waals surface area contributed by atoms with E-state index in [1.54, 1.807) is 13.8 Å². The van der Waals surface area contributed by atoms with E-state index in [4.69, 9.17) is 34.2 Å². The fourth-order valence-electron chi connectivity index (χ4n) is 13.5. The molecule has 4 aliphatic heterocycles. The molecule has 0 unspecified atom stereocenters. The number of carbonyl (C=O) groups is 15. The second kappa shape index (κ2) is 48.4. The van der Waals surface area contributed by atoms with E-state index in [1.807, 2.05) is 0 Å². The van der Waals surface area contributed by atoms with Crippen molar-refractivity contribution in [1.82, 2.24) is 74.0 Å². The average Bonchev–Trinajstić information content (AvgIpc) is 0.997. The van der Waals surface area contributed by atoms with Crippen LogP contribution in [0.15, 0.2) is 24.3 Å². The molecule has 48 nitrogen and oxygen atoms in total. The number of likely N-dealkylation sites (tertiary alicyclic amines) is 1. The Morgan fingerprint density at radius 3 is 1.14 bits per heavy atom. The van der Waals surface area contributed by atoms with E-state index < -0.39 is 318 Å². The Morgan fingerprint density at radius 2 is 0.787 bits per heavy atom. The van der Waals surface area contributed by atoms with Crippen molar-refractivity contribution in [2.45, 2.75) is 260 Å². The Morgan fingerprint density at radius 1 is 0.434 bits per heavy atom. The van der Waals surface area contributed by atoms with E-state index in [1.165, 1.54) is 58.9 Å². The van der Waals surface area contributed by atoms with Crippen molar-refractivity contribution in [3.8, 4) is 5.75 Å². The number of phenolic OH excluding ortho intramolecular Hbond substituents is 1. The largest absolute Gasteiger partial charge is 0.508 e. The van der Waals surface area contributed by atoms with Gasteiger partial charge in [0.2, 0.25) is 88.6 Å². The molecule has 122 heavy (non-hydrogen) atoms. The third-order valence-corrected chi connectivity index (χ3v) is 20.1. The van der Waals surface area contributed by atoms with E-state index in [2.05, 4.69) is 69.1 Å². The molecule has 4 fully saturated rings. The van der Waals surface area contributed by atoms with Gasteiger partial charge in [0.05, 0.1) is 52.9 Å². The highest BCUT2D eigenvalue weighted by molar-refractivity contribution is 6.00. The van der Waals surface area contributed by atoms with Gasteiger partial charge in [0.25, 0.3) is 0 Å². The van der Waals surface area contributed by atoms with E-state index in [-0.39, 0.29) is 38.0 Å². The van der Waals surface area contributed by atoms with Gasteiger partial charge in [-0.15, -0.1) is 0 Å². The predicted molar refractivity (Wildman–Crippen MR) is 414 cm³/mol. The minimum Gasteiger partial charge on any atom is -0.508 e. The van der Waals surface area contributed by atoms with Gasteiger partial charge in [-0.1, -0.05) is 53.7 Å². The molecule has 15 amide bonds. The van der Waals surface area contributed by atoms with Crippen molar-refractivity contribution < 1.29 is 162 Å². The molecule has 0 radical (unpaired) electrons. The summed E-state index contributed by atoms with van der Waals surface area (Å²) in [4.78, 5) is 209. The molecular weight excluding hydrogens is 1630 g/mol. The zero-order chi connectivity index (χ0) is 91.6. The van der Waals surface area contributed by atoms with Gasteiger partial charge in [-0.05, 0) is 61.6 Å². The summed E-state index contributed by atoms with van der Waals surface area (Å²) in [7, 11) is 0. The molecule has 4 saturated heterocycles. The summed E-state index contributed by atoms with van der Waals surface area (Å²) in [6.07, 6.45) is -23.2. The van der Waals surface area contributed by atoms with Gasteiger partial charge in [0, 0.05) is 40.7 Å². The third kappa shape index (κ3) is 29.6. The number of aliphatic hydroxyl groups is 11. The van der Waals surface area contributed by atoms with Crippen LogP contribution < -0.4 is 74.9 Å². The van der Waals surface area contributed by atoms with Gasteiger partial charge in [0.15, 0.2) is 18.9 Å². The van der Waals surface area contributed by atoms with Crippen molar-refractivity contribution in [3.05, 3.63) is 29.8 Å². The number of nitrogens with one attached hydrogen (secondary N) is 13. The van der Waals surface area contributed by atoms with E-state index >= 15 is 19.2 Å². The van der Waals surface area contributed by atoms with Crippen molar-refractivity contribution in [1.29, 1.82) is 0 Å². The Hall–Kier alpha value is -9.61. The topological polar surface area (TPSA) is 740 Å². The summed E-state index contributed by atoms with van der Waals surface area (Å²) >= 11 is 0. The molecule has 0 bridgehead atoms. The Labute approximate surface area is 700 Å². The molecule has 26 atom stereocenters. The van der Waals surface area contributed by atoms with Gasteiger partial charge >= 0.3 is 0 Å². The quantitative estimate of drug-likeness (QED) is 0.0288. The summed E-state index contributed by atoms with van der Waals surface area (Å²) in [5, 5.41) is 158. The number of hydrogen-bond donors (Lipinski definition) is 26. The molecule has 0 aliphatic carbocycles. The number of primary amides is 1. The van der Waals surface area contributed by atoms with Crippen LogP contribution in [0.3, 0.4) is 0 Å². The Kier molecular flexibility index (Phi) is 40.9. The molecule has 688 valence electrons. The minimum absolute atomic E-state index is 0.0589. The summed E-state index contributed by atoms with van der Waals surface area (Å²) in [6.45, 7) is 5.41. The lowest BCUT2D eigenvalue weighted by molar-refractivity contribution is -0.271. The van der Waals surface area contributed by atoms with Crippen LogP contribution in [0.4, 0.5) is 0 Å². The highest BCUT2D eigenvalue weighted by atomic mass is 16.7. The van der Waals surface area contributed by atoms with Crippen molar-refractivity contribution in [2.24, 2.45) is 23.5 Å². The summed E-state index contributed by atoms with van der Waals surface area (Å²) in [5.41, 5.74) is 5.98. The van der Waals surface area contributed by atoms with Crippen molar-refractivity contribution in [2.75, 3.05) is 59.4 Å². The summed E-state index contributed by atoms with van der Waals surface area (Å²) in [5.74, 6) is -18.4. The highest BCUT2D eigenvalue weighted by Crippen LogP contribution is 2.27. The molecular formula is C74H119N15O33. The number of aliphatic hydroxyl groups excluding tert-OH is 11. The maximum atomic E-state index is 15.5. The SMILES string of the molecule is CC(=O)N[C@H]1[C@H](OC[C@H](NC(=O)[C@H](CO[C@@H]2O[C@H](CO)[C@@H](O)[C@H](O)[C@H]2NC(C)=O)NC(=O)[C@H](CO[C@@H]2O[C@H](CO)[C@@H](O)[C@H](O)[C@H]2NC(C)=O)NC(=O)[C@@H](NC(=O)[C@@H]2CCCN2C(=O)[C@H](C)NC(=O)[C@H](CO)NC(=O)[C@H](Cc2ccc(O)cc2)NC(C)=O)C(C)C)C(=O)N[C@@H](CC(C)C)C(=O)N[C@@H](CO)C(=O)N[C@H](C(N)=O)C(C)C)O[C@H](CO)[C@@H](O)[C@@H]1O. The molecule has 4 heterocycles. The van der Waals surface area contributed by atoms with Crippen LogP contribution in [0.5, 0.6) is 5.75 Å². The zero-order valence-corrected chi connectivity index (χ0v) is 69.2. The Bertz CT molecular complexity index is 3740. The molecule has 1 aromatic rings. The molecule has 1 aromatic carbocycles. The zero-order valence-electron chi connectivity index (χ0n) is 69.2. The normalized spacial score (nSPS) is 26.5. The van der Waals surface area contributed by atoms with Gasteiger partial charge in [0.1, 0.15) is 145 Å². The van der Waals surface area contributed by atoms with Crippen LogP contribution in [0.25, 0.3) is 0 Å². The van der Waals surface area contributed by atoms with Gasteiger partial charge in [-0.3, -0.25) is 71.9 Å². The molecule has 0 saturated carbocycles. The van der Waals surface area contributed by atoms with Crippen molar-refractivity contribution >= 4 is 88.6 Å². The van der Waals surface area contributed by atoms with E-state index in [0.29, 0.717) is 5.56 Å². The molecule has 4 aliphatic rings. The minimum atomic E-state index is -2.39. The summed E-state index contributed by atoms with van der Waals surface area (Å²) < 4.78 is 35.1. The number of rotatable bonds is 44. The number of carbonyl (C=O) groups excluding carboxylic acids is 15. The number of amides is 15. The van der Waals surface area contributed by atoms with Gasteiger partial charge in [-0.2, -0.15) is 0 Å². The number of nitrogens with zero attached hydrogens (tertiary/aromatic N) is 1. The lowest BCUT2D eigenvalue weighted by atomic mass is 9.97. The predicted octanol–water partition coefficient (Wildman–Crippen LogP) is -13.5. The maximum Gasteiger partial charge on any atom is 0.245 e.